The van der Waals surface area contributed by atoms with E-state index in [1.165, 1.54) is 0 Å². The highest BCUT2D eigenvalue weighted by molar-refractivity contribution is 6.32. The summed E-state index contributed by atoms with van der Waals surface area (Å²) in [5, 5.41) is 12.7. The van der Waals surface area contributed by atoms with Crippen molar-refractivity contribution in [3.63, 3.8) is 0 Å². The van der Waals surface area contributed by atoms with E-state index in [4.69, 9.17) is 27.1 Å². The zero-order chi connectivity index (χ0) is 24.8. The smallest absolute Gasteiger partial charge is 0.343 e. The Labute approximate surface area is 205 Å². The number of benzene rings is 1. The third-order valence-corrected chi connectivity index (χ3v) is 8.34. The minimum atomic E-state index is -1.89. The third-order valence-electron chi connectivity index (χ3n) is 7.95. The number of rotatable bonds is 3. The molecule has 2 aromatic heterocycles. The summed E-state index contributed by atoms with van der Waals surface area (Å²) in [4.78, 5) is 42.9. The van der Waals surface area contributed by atoms with E-state index in [-0.39, 0.29) is 54.5 Å². The van der Waals surface area contributed by atoms with Crippen LogP contribution in [0, 0.1) is 6.92 Å². The van der Waals surface area contributed by atoms with Gasteiger partial charge in [0.2, 0.25) is 5.91 Å². The van der Waals surface area contributed by atoms with Crippen LogP contribution >= 0.6 is 11.6 Å². The topological polar surface area (TPSA) is 125 Å². The van der Waals surface area contributed by atoms with Crippen LogP contribution in [-0.4, -0.2) is 26.5 Å². The molecule has 1 aromatic carbocycles. The van der Waals surface area contributed by atoms with Crippen molar-refractivity contribution in [1.82, 2.24) is 9.55 Å². The highest BCUT2D eigenvalue weighted by atomic mass is 35.5. The number of hydrogen-bond donors (Lipinski definition) is 2. The van der Waals surface area contributed by atoms with Crippen LogP contribution in [0.5, 0.6) is 0 Å². The van der Waals surface area contributed by atoms with Gasteiger partial charge in [0, 0.05) is 28.0 Å². The van der Waals surface area contributed by atoms with Crippen molar-refractivity contribution in [3.05, 3.63) is 60.9 Å². The highest BCUT2D eigenvalue weighted by Crippen LogP contribution is 2.47. The number of aryl methyl sites for hydroxylation is 1. The first-order valence-corrected chi connectivity index (χ1v) is 12.1. The number of carbonyl (C=O) groups excluding carboxylic acids is 2. The summed E-state index contributed by atoms with van der Waals surface area (Å²) in [6.07, 6.45) is 1.77. The molecule has 0 unspecified atom stereocenters. The first kappa shape index (κ1) is 22.2. The van der Waals surface area contributed by atoms with Crippen LogP contribution in [-0.2, 0) is 39.5 Å². The summed E-state index contributed by atoms with van der Waals surface area (Å²) in [6.45, 7) is 3.76. The molecule has 1 aliphatic carbocycles. The number of hydrogen-bond acceptors (Lipinski definition) is 6. The summed E-state index contributed by atoms with van der Waals surface area (Å²) in [5.74, 6) is -1.24. The van der Waals surface area contributed by atoms with Crippen molar-refractivity contribution in [3.8, 4) is 11.4 Å². The molecule has 0 saturated carbocycles. The number of esters is 1. The SMILES string of the molecule is CC[C@@]1(O)C(=O)OCc2c1cc1n(c2=O)Cc2c-1nc1cc(Cl)c(C)c3c1c2[C@@H](CC(N)=O)CC3. The van der Waals surface area contributed by atoms with Gasteiger partial charge in [-0.3, -0.25) is 9.59 Å². The summed E-state index contributed by atoms with van der Waals surface area (Å²) in [5.41, 5.74) is 9.75. The maximum Gasteiger partial charge on any atom is 0.343 e. The van der Waals surface area contributed by atoms with Gasteiger partial charge in [-0.05, 0) is 60.9 Å². The van der Waals surface area contributed by atoms with Gasteiger partial charge in [-0.25, -0.2) is 9.78 Å². The number of nitrogens with two attached hydrogens (primary N) is 1. The first-order chi connectivity index (χ1) is 16.7. The molecule has 4 heterocycles. The zero-order valence-electron chi connectivity index (χ0n) is 19.4. The molecule has 2 atom stereocenters. The summed E-state index contributed by atoms with van der Waals surface area (Å²) in [7, 11) is 0. The first-order valence-electron chi connectivity index (χ1n) is 11.8. The maximum absolute atomic E-state index is 13.6. The van der Waals surface area contributed by atoms with E-state index in [0.29, 0.717) is 21.9 Å². The van der Waals surface area contributed by atoms with E-state index in [2.05, 4.69) is 0 Å². The van der Waals surface area contributed by atoms with E-state index in [1.54, 1.807) is 17.6 Å². The van der Waals surface area contributed by atoms with Crippen LogP contribution in [0.3, 0.4) is 0 Å². The van der Waals surface area contributed by atoms with Gasteiger partial charge >= 0.3 is 5.97 Å². The molecule has 8 nitrogen and oxygen atoms in total. The standard InChI is InChI=1S/C26H24ClN3O5/c1-3-26(34)16-7-19-23-14(9-30(19)24(32)15(16)10-35-25(26)33)21-12(6-20(28)31)4-5-13-11(2)17(27)8-18(29-23)22(13)21/h7-8,12,34H,3-6,9-10H2,1-2H3,(H2,28,31)/t12-,26+/m1/s1. The van der Waals surface area contributed by atoms with Gasteiger partial charge in [0.15, 0.2) is 5.60 Å². The van der Waals surface area contributed by atoms with Gasteiger partial charge in [-0.2, -0.15) is 0 Å². The molecule has 0 radical (unpaired) electrons. The molecule has 3 aromatic rings. The number of ether oxygens (including phenoxy) is 1. The van der Waals surface area contributed by atoms with Crippen molar-refractivity contribution in [2.45, 2.75) is 64.2 Å². The Balaban J connectivity index is 1.68. The number of carbonyl (C=O) groups is 2. The Morgan fingerprint density at radius 2 is 2.09 bits per heavy atom. The second-order valence-corrected chi connectivity index (χ2v) is 10.1. The predicted octanol–water partition coefficient (Wildman–Crippen LogP) is 2.95. The van der Waals surface area contributed by atoms with Gasteiger partial charge in [0.1, 0.15) is 6.61 Å². The summed E-state index contributed by atoms with van der Waals surface area (Å²) >= 11 is 6.56. The fourth-order valence-electron chi connectivity index (χ4n) is 6.10. The average molecular weight is 494 g/mol. The van der Waals surface area contributed by atoms with Gasteiger partial charge in [-0.1, -0.05) is 18.5 Å². The van der Waals surface area contributed by atoms with Crippen molar-refractivity contribution < 1.29 is 19.4 Å². The lowest BCUT2D eigenvalue weighted by Gasteiger charge is -2.31. The van der Waals surface area contributed by atoms with Gasteiger partial charge in [0.05, 0.1) is 29.0 Å². The zero-order valence-corrected chi connectivity index (χ0v) is 20.2. The van der Waals surface area contributed by atoms with Gasteiger partial charge < -0.3 is 20.1 Å². The van der Waals surface area contributed by atoms with Gasteiger partial charge in [-0.15, -0.1) is 0 Å². The van der Waals surface area contributed by atoms with Gasteiger partial charge in [0.25, 0.3) is 5.56 Å². The molecule has 9 heteroatoms. The second-order valence-electron chi connectivity index (χ2n) is 9.72. The van der Waals surface area contributed by atoms with Crippen LogP contribution < -0.4 is 11.3 Å². The number of amides is 1. The number of fused-ring (bicyclic) bond motifs is 5. The number of aliphatic hydroxyl groups is 1. The van der Waals surface area contributed by atoms with E-state index >= 15 is 0 Å². The minimum absolute atomic E-state index is 0.0733. The van der Waals surface area contributed by atoms with Crippen LogP contribution in [0.25, 0.3) is 22.3 Å². The molecule has 35 heavy (non-hydrogen) atoms. The van der Waals surface area contributed by atoms with Crippen LogP contribution in [0.2, 0.25) is 5.02 Å². The van der Waals surface area contributed by atoms with Crippen molar-refractivity contribution in [2.24, 2.45) is 5.73 Å². The Hall–Kier alpha value is -3.23. The molecule has 2 aliphatic heterocycles. The number of primary amides is 1. The number of nitrogens with zero attached hydrogens (tertiary/aromatic N) is 2. The number of aromatic nitrogens is 2. The lowest BCUT2D eigenvalue weighted by molar-refractivity contribution is -0.172. The largest absolute Gasteiger partial charge is 0.458 e. The van der Waals surface area contributed by atoms with Crippen molar-refractivity contribution >= 4 is 34.4 Å². The van der Waals surface area contributed by atoms with Crippen LogP contribution in [0.4, 0.5) is 0 Å². The normalized spacial score (nSPS) is 21.9. The number of cyclic esters (lactones) is 1. The van der Waals surface area contributed by atoms with E-state index in [1.807, 2.05) is 13.0 Å². The molecule has 6 rings (SSSR count). The fraction of sp³-hybridized carbons (Fsp3) is 0.385. The molecular weight excluding hydrogens is 470 g/mol. The molecule has 0 bridgehead atoms. The average Bonchev–Trinajstić information content (AvgIpc) is 3.19. The molecule has 3 N–H and O–H groups in total. The Morgan fingerprint density at radius 3 is 2.80 bits per heavy atom. The van der Waals surface area contributed by atoms with Crippen molar-refractivity contribution in [1.29, 1.82) is 0 Å². The fourth-order valence-corrected chi connectivity index (χ4v) is 6.31. The lowest BCUT2D eigenvalue weighted by atomic mass is 9.77. The summed E-state index contributed by atoms with van der Waals surface area (Å²) in [6, 6.07) is 3.52. The summed E-state index contributed by atoms with van der Waals surface area (Å²) < 4.78 is 6.78. The Morgan fingerprint density at radius 1 is 1.31 bits per heavy atom. The Bertz CT molecular complexity index is 1560. The monoisotopic (exact) mass is 493 g/mol. The highest BCUT2D eigenvalue weighted by Gasteiger charge is 2.45. The maximum atomic E-state index is 13.6. The van der Waals surface area contributed by atoms with Crippen LogP contribution in [0.15, 0.2) is 16.9 Å². The predicted molar refractivity (Wildman–Crippen MR) is 129 cm³/mol. The molecule has 1 amide bonds. The quantitative estimate of drug-likeness (QED) is 0.423. The van der Waals surface area contributed by atoms with E-state index in [0.717, 1.165) is 40.5 Å². The number of halogens is 1. The third kappa shape index (κ3) is 2.90. The number of pyridine rings is 2. The lowest BCUT2D eigenvalue weighted by Crippen LogP contribution is -2.44. The second kappa shape index (κ2) is 7.38. The molecule has 0 spiro atoms. The Kier molecular flexibility index (Phi) is 4.69. The van der Waals surface area contributed by atoms with E-state index < -0.39 is 11.6 Å². The molecular formula is C26H24ClN3O5. The molecule has 0 fully saturated rings. The molecule has 3 aliphatic rings. The van der Waals surface area contributed by atoms with E-state index in [9.17, 15) is 19.5 Å². The van der Waals surface area contributed by atoms with Crippen molar-refractivity contribution in [2.75, 3.05) is 0 Å². The van der Waals surface area contributed by atoms with Crippen LogP contribution in [0.1, 0.15) is 65.5 Å². The molecule has 0 saturated heterocycles. The minimum Gasteiger partial charge on any atom is -0.458 e. The molecule has 180 valence electrons.